The van der Waals surface area contributed by atoms with Gasteiger partial charge in [-0.15, -0.1) is 0 Å². The van der Waals surface area contributed by atoms with E-state index in [9.17, 15) is 4.79 Å². The maximum Gasteiger partial charge on any atom is 0.226 e. The van der Waals surface area contributed by atoms with Crippen molar-refractivity contribution in [2.24, 2.45) is 5.92 Å². The Bertz CT molecular complexity index is 181. The van der Waals surface area contributed by atoms with Crippen LogP contribution in [0.25, 0.3) is 0 Å². The highest BCUT2D eigenvalue weighted by Crippen LogP contribution is 2.12. The summed E-state index contributed by atoms with van der Waals surface area (Å²) in [5, 5.41) is 3.27. The standard InChI is InChI=1S/C10H20N2OS/c1-12(6-7-14-2)10(13)9-4-3-5-11-8-9/h9,11H,3-8H2,1-2H3. The summed E-state index contributed by atoms with van der Waals surface area (Å²) in [6.45, 7) is 2.80. The molecular weight excluding hydrogens is 196 g/mol. The molecule has 1 N–H and O–H groups in total. The third-order valence-electron chi connectivity index (χ3n) is 2.65. The van der Waals surface area contributed by atoms with Gasteiger partial charge in [0.25, 0.3) is 0 Å². The lowest BCUT2D eigenvalue weighted by molar-refractivity contribution is -0.134. The normalized spacial score (nSPS) is 22.0. The van der Waals surface area contributed by atoms with Crippen LogP contribution in [0.4, 0.5) is 0 Å². The van der Waals surface area contributed by atoms with Crippen LogP contribution in [-0.4, -0.2) is 49.5 Å². The summed E-state index contributed by atoms with van der Waals surface area (Å²) in [7, 11) is 1.91. The minimum absolute atomic E-state index is 0.218. The van der Waals surface area contributed by atoms with Crippen molar-refractivity contribution < 1.29 is 4.79 Å². The molecule has 4 heteroatoms. The zero-order chi connectivity index (χ0) is 10.4. The first-order valence-corrected chi connectivity index (χ1v) is 6.59. The molecule has 3 nitrogen and oxygen atoms in total. The molecule has 1 unspecified atom stereocenters. The molecule has 1 atom stereocenters. The molecule has 0 aliphatic carbocycles. The molecule has 1 fully saturated rings. The average molecular weight is 216 g/mol. The molecule has 1 amide bonds. The SMILES string of the molecule is CSCCN(C)C(=O)C1CCCNC1. The lowest BCUT2D eigenvalue weighted by Crippen LogP contribution is -2.42. The van der Waals surface area contributed by atoms with E-state index in [-0.39, 0.29) is 5.92 Å². The van der Waals surface area contributed by atoms with Gasteiger partial charge in [0.2, 0.25) is 5.91 Å². The van der Waals surface area contributed by atoms with E-state index >= 15 is 0 Å². The van der Waals surface area contributed by atoms with Crippen molar-refractivity contribution in [3.63, 3.8) is 0 Å². The van der Waals surface area contributed by atoms with Crippen LogP contribution in [0.15, 0.2) is 0 Å². The smallest absolute Gasteiger partial charge is 0.226 e. The topological polar surface area (TPSA) is 32.3 Å². The monoisotopic (exact) mass is 216 g/mol. The molecule has 1 aliphatic rings. The Kier molecular flexibility index (Phi) is 5.33. The van der Waals surface area contributed by atoms with E-state index < -0.39 is 0 Å². The number of carbonyl (C=O) groups excluding carboxylic acids is 1. The minimum Gasteiger partial charge on any atom is -0.345 e. The maximum absolute atomic E-state index is 11.9. The zero-order valence-electron chi connectivity index (χ0n) is 9.08. The summed E-state index contributed by atoms with van der Waals surface area (Å²) in [4.78, 5) is 13.7. The number of hydrogen-bond donors (Lipinski definition) is 1. The van der Waals surface area contributed by atoms with Crippen molar-refractivity contribution in [2.45, 2.75) is 12.8 Å². The van der Waals surface area contributed by atoms with Gasteiger partial charge in [0, 0.05) is 25.9 Å². The van der Waals surface area contributed by atoms with Gasteiger partial charge in [0.1, 0.15) is 0 Å². The molecule has 0 aromatic rings. The first-order chi connectivity index (χ1) is 6.75. The summed E-state index contributed by atoms with van der Waals surface area (Å²) in [6.07, 6.45) is 4.25. The fraction of sp³-hybridized carbons (Fsp3) is 0.900. The van der Waals surface area contributed by atoms with Crippen molar-refractivity contribution in [1.82, 2.24) is 10.2 Å². The van der Waals surface area contributed by atoms with Crippen LogP contribution in [0.2, 0.25) is 0 Å². The van der Waals surface area contributed by atoms with Gasteiger partial charge in [-0.1, -0.05) is 0 Å². The van der Waals surface area contributed by atoms with Crippen LogP contribution < -0.4 is 5.32 Å². The van der Waals surface area contributed by atoms with Gasteiger partial charge in [0.15, 0.2) is 0 Å². The van der Waals surface area contributed by atoms with Gasteiger partial charge in [-0.3, -0.25) is 4.79 Å². The van der Waals surface area contributed by atoms with E-state index in [2.05, 4.69) is 11.6 Å². The van der Waals surface area contributed by atoms with Crippen molar-refractivity contribution >= 4 is 17.7 Å². The van der Waals surface area contributed by atoms with Crippen LogP contribution in [0.5, 0.6) is 0 Å². The van der Waals surface area contributed by atoms with Crippen molar-refractivity contribution in [3.8, 4) is 0 Å². The third kappa shape index (κ3) is 3.50. The highest BCUT2D eigenvalue weighted by Gasteiger charge is 2.23. The van der Waals surface area contributed by atoms with E-state index in [4.69, 9.17) is 0 Å². The zero-order valence-corrected chi connectivity index (χ0v) is 9.90. The Hall–Kier alpha value is -0.220. The lowest BCUT2D eigenvalue weighted by Gasteiger charge is -2.26. The van der Waals surface area contributed by atoms with E-state index in [1.165, 1.54) is 0 Å². The Morgan fingerprint density at radius 1 is 1.64 bits per heavy atom. The molecule has 1 heterocycles. The summed E-state index contributed by atoms with van der Waals surface area (Å²) >= 11 is 1.78. The molecule has 0 bridgehead atoms. The molecule has 0 aromatic carbocycles. The van der Waals surface area contributed by atoms with Crippen LogP contribution in [0.3, 0.4) is 0 Å². The molecule has 1 aliphatic heterocycles. The molecular formula is C10H20N2OS. The van der Waals surface area contributed by atoms with Crippen LogP contribution in [0.1, 0.15) is 12.8 Å². The number of nitrogens with zero attached hydrogens (tertiary/aromatic N) is 1. The Morgan fingerprint density at radius 2 is 2.43 bits per heavy atom. The summed E-state index contributed by atoms with van der Waals surface area (Å²) in [5.41, 5.74) is 0. The first-order valence-electron chi connectivity index (χ1n) is 5.20. The predicted octanol–water partition coefficient (Wildman–Crippen LogP) is 0.807. The molecule has 82 valence electrons. The van der Waals surface area contributed by atoms with Crippen LogP contribution in [0, 0.1) is 5.92 Å². The second-order valence-corrected chi connectivity index (χ2v) is 4.78. The van der Waals surface area contributed by atoms with Gasteiger partial charge in [-0.25, -0.2) is 0 Å². The van der Waals surface area contributed by atoms with Crippen LogP contribution >= 0.6 is 11.8 Å². The summed E-state index contributed by atoms with van der Waals surface area (Å²) < 4.78 is 0. The number of piperidine rings is 1. The van der Waals surface area contributed by atoms with Gasteiger partial charge >= 0.3 is 0 Å². The molecule has 1 rings (SSSR count). The van der Waals surface area contributed by atoms with E-state index in [1.807, 2.05) is 11.9 Å². The van der Waals surface area contributed by atoms with Crippen molar-refractivity contribution in [1.29, 1.82) is 0 Å². The highest BCUT2D eigenvalue weighted by molar-refractivity contribution is 7.98. The molecule has 0 saturated carbocycles. The maximum atomic E-state index is 11.9. The Labute approximate surface area is 90.6 Å². The second kappa shape index (κ2) is 6.30. The van der Waals surface area contributed by atoms with E-state index in [0.717, 1.165) is 38.2 Å². The Balaban J connectivity index is 2.30. The minimum atomic E-state index is 0.218. The number of thioether (sulfide) groups is 1. The third-order valence-corrected chi connectivity index (χ3v) is 3.24. The average Bonchev–Trinajstić information content (AvgIpc) is 2.26. The number of carbonyl (C=O) groups is 1. The van der Waals surface area contributed by atoms with Gasteiger partial charge < -0.3 is 10.2 Å². The summed E-state index contributed by atoms with van der Waals surface area (Å²) in [6, 6.07) is 0. The number of amides is 1. The number of rotatable bonds is 4. The molecule has 0 aromatic heterocycles. The molecule has 0 spiro atoms. The molecule has 1 saturated heterocycles. The Morgan fingerprint density at radius 3 is 3.00 bits per heavy atom. The van der Waals surface area contributed by atoms with Crippen molar-refractivity contribution in [3.05, 3.63) is 0 Å². The lowest BCUT2D eigenvalue weighted by atomic mass is 9.98. The summed E-state index contributed by atoms with van der Waals surface area (Å²) in [5.74, 6) is 1.56. The largest absolute Gasteiger partial charge is 0.345 e. The molecule has 0 radical (unpaired) electrons. The predicted molar refractivity (Wildman–Crippen MR) is 61.6 cm³/mol. The van der Waals surface area contributed by atoms with Gasteiger partial charge in [-0.05, 0) is 25.6 Å². The quantitative estimate of drug-likeness (QED) is 0.755. The van der Waals surface area contributed by atoms with Crippen LogP contribution in [-0.2, 0) is 4.79 Å². The van der Waals surface area contributed by atoms with Gasteiger partial charge in [0.05, 0.1) is 5.92 Å². The fourth-order valence-electron chi connectivity index (χ4n) is 1.71. The van der Waals surface area contributed by atoms with E-state index in [1.54, 1.807) is 11.8 Å². The highest BCUT2D eigenvalue weighted by atomic mass is 32.2. The first kappa shape index (κ1) is 11.9. The molecule has 14 heavy (non-hydrogen) atoms. The number of hydrogen-bond acceptors (Lipinski definition) is 3. The van der Waals surface area contributed by atoms with Crippen molar-refractivity contribution in [2.75, 3.05) is 38.7 Å². The van der Waals surface area contributed by atoms with E-state index in [0.29, 0.717) is 5.91 Å². The van der Waals surface area contributed by atoms with Gasteiger partial charge in [-0.2, -0.15) is 11.8 Å². The number of nitrogens with one attached hydrogen (secondary N) is 1. The second-order valence-electron chi connectivity index (χ2n) is 3.80. The fourth-order valence-corrected chi connectivity index (χ4v) is 2.17.